The van der Waals surface area contributed by atoms with Gasteiger partial charge in [-0.25, -0.2) is 4.98 Å². The van der Waals surface area contributed by atoms with Crippen molar-refractivity contribution in [1.29, 1.82) is 0 Å². The molecule has 0 spiro atoms. The predicted molar refractivity (Wildman–Crippen MR) is 54.1 cm³/mol. The van der Waals surface area contributed by atoms with Crippen LogP contribution in [0.2, 0.25) is 0 Å². The SMILES string of the molecule is CSc1ncc(C2CCNC2)s1. The van der Waals surface area contributed by atoms with E-state index in [-0.39, 0.29) is 0 Å². The molecule has 4 heteroatoms. The van der Waals surface area contributed by atoms with Crippen LogP contribution < -0.4 is 5.32 Å². The summed E-state index contributed by atoms with van der Waals surface area (Å²) in [5.74, 6) is 0.725. The lowest BCUT2D eigenvalue weighted by Gasteiger charge is -2.01. The number of hydrogen-bond acceptors (Lipinski definition) is 4. The highest BCUT2D eigenvalue weighted by molar-refractivity contribution is 8.00. The smallest absolute Gasteiger partial charge is 0.149 e. The molecule has 1 saturated heterocycles. The summed E-state index contributed by atoms with van der Waals surface area (Å²) in [4.78, 5) is 5.78. The van der Waals surface area contributed by atoms with E-state index in [0.29, 0.717) is 0 Å². The van der Waals surface area contributed by atoms with E-state index in [1.807, 2.05) is 17.5 Å². The van der Waals surface area contributed by atoms with Crippen molar-refractivity contribution in [2.24, 2.45) is 0 Å². The second kappa shape index (κ2) is 3.77. The Morgan fingerprint density at radius 1 is 1.75 bits per heavy atom. The van der Waals surface area contributed by atoms with Gasteiger partial charge in [-0.3, -0.25) is 0 Å². The lowest BCUT2D eigenvalue weighted by Crippen LogP contribution is -2.07. The van der Waals surface area contributed by atoms with Crippen LogP contribution in [0.25, 0.3) is 0 Å². The van der Waals surface area contributed by atoms with E-state index < -0.39 is 0 Å². The summed E-state index contributed by atoms with van der Waals surface area (Å²) in [6.07, 6.45) is 5.39. The molecule has 2 heterocycles. The fourth-order valence-electron chi connectivity index (χ4n) is 1.45. The number of hydrogen-bond donors (Lipinski definition) is 1. The molecule has 1 unspecified atom stereocenters. The number of aromatic nitrogens is 1. The molecule has 0 bridgehead atoms. The molecule has 0 aromatic carbocycles. The van der Waals surface area contributed by atoms with E-state index in [4.69, 9.17) is 0 Å². The van der Waals surface area contributed by atoms with Crippen molar-refractivity contribution in [3.05, 3.63) is 11.1 Å². The van der Waals surface area contributed by atoms with Gasteiger partial charge < -0.3 is 5.32 Å². The first-order valence-electron chi connectivity index (χ1n) is 4.10. The van der Waals surface area contributed by atoms with Gasteiger partial charge >= 0.3 is 0 Å². The maximum Gasteiger partial charge on any atom is 0.149 e. The largest absolute Gasteiger partial charge is 0.316 e. The summed E-state index contributed by atoms with van der Waals surface area (Å²) in [6, 6.07) is 0. The number of thioether (sulfide) groups is 1. The molecule has 1 aliphatic heterocycles. The van der Waals surface area contributed by atoms with Gasteiger partial charge in [0.15, 0.2) is 0 Å². The van der Waals surface area contributed by atoms with Crippen LogP contribution >= 0.6 is 23.1 Å². The summed E-state index contributed by atoms with van der Waals surface area (Å²) in [5.41, 5.74) is 0. The van der Waals surface area contributed by atoms with Gasteiger partial charge in [0, 0.05) is 23.5 Å². The molecule has 0 aliphatic carbocycles. The summed E-state index contributed by atoms with van der Waals surface area (Å²) in [5, 5.41) is 3.37. The van der Waals surface area contributed by atoms with Crippen LogP contribution in [0.3, 0.4) is 0 Å². The lowest BCUT2D eigenvalue weighted by molar-refractivity contribution is 0.776. The number of nitrogens with zero attached hydrogens (tertiary/aromatic N) is 1. The van der Waals surface area contributed by atoms with Crippen LogP contribution in [0, 0.1) is 0 Å². The summed E-state index contributed by atoms with van der Waals surface area (Å²) in [7, 11) is 0. The second-order valence-corrected chi connectivity index (χ2v) is 5.04. The third-order valence-corrected chi connectivity index (χ3v) is 4.30. The molecule has 12 heavy (non-hydrogen) atoms. The lowest BCUT2D eigenvalue weighted by atomic mass is 10.1. The fraction of sp³-hybridized carbons (Fsp3) is 0.625. The highest BCUT2D eigenvalue weighted by atomic mass is 32.2. The van der Waals surface area contributed by atoms with Gasteiger partial charge in [-0.2, -0.15) is 0 Å². The molecule has 1 aromatic heterocycles. The van der Waals surface area contributed by atoms with E-state index in [1.54, 1.807) is 11.8 Å². The Morgan fingerprint density at radius 3 is 3.25 bits per heavy atom. The molecule has 1 atom stereocenters. The topological polar surface area (TPSA) is 24.9 Å². The quantitative estimate of drug-likeness (QED) is 0.739. The highest BCUT2D eigenvalue weighted by Crippen LogP contribution is 2.30. The maximum absolute atomic E-state index is 4.33. The van der Waals surface area contributed by atoms with Gasteiger partial charge in [0.25, 0.3) is 0 Å². The first-order chi connectivity index (χ1) is 5.90. The van der Waals surface area contributed by atoms with Crippen molar-refractivity contribution in [1.82, 2.24) is 10.3 Å². The molecule has 1 aliphatic rings. The molecule has 1 aromatic rings. The van der Waals surface area contributed by atoms with Crippen LogP contribution in [0.4, 0.5) is 0 Å². The van der Waals surface area contributed by atoms with Crippen LogP contribution in [0.5, 0.6) is 0 Å². The monoisotopic (exact) mass is 200 g/mol. The van der Waals surface area contributed by atoms with E-state index in [1.165, 1.54) is 15.6 Å². The minimum atomic E-state index is 0.725. The zero-order chi connectivity index (χ0) is 8.39. The third-order valence-electron chi connectivity index (χ3n) is 2.14. The molecule has 0 amide bonds. The van der Waals surface area contributed by atoms with Gasteiger partial charge in [0.1, 0.15) is 4.34 Å². The Morgan fingerprint density at radius 2 is 2.67 bits per heavy atom. The van der Waals surface area contributed by atoms with Crippen LogP contribution in [-0.2, 0) is 0 Å². The summed E-state index contributed by atoms with van der Waals surface area (Å²) >= 11 is 3.58. The molecule has 2 rings (SSSR count). The van der Waals surface area contributed by atoms with Crippen LogP contribution in [0.1, 0.15) is 17.2 Å². The van der Waals surface area contributed by atoms with Crippen molar-refractivity contribution < 1.29 is 0 Å². The molecule has 1 N–H and O–H groups in total. The summed E-state index contributed by atoms with van der Waals surface area (Å²) in [6.45, 7) is 2.30. The number of rotatable bonds is 2. The van der Waals surface area contributed by atoms with Gasteiger partial charge in [-0.15, -0.1) is 11.3 Å². The molecule has 0 saturated carbocycles. The van der Waals surface area contributed by atoms with E-state index in [2.05, 4.69) is 16.6 Å². The first kappa shape index (κ1) is 8.53. The molecular formula is C8H12N2S2. The number of nitrogens with one attached hydrogen (secondary N) is 1. The minimum absolute atomic E-state index is 0.725. The Bertz CT molecular complexity index is 253. The normalized spacial score (nSPS) is 23.2. The minimum Gasteiger partial charge on any atom is -0.316 e. The molecule has 1 fully saturated rings. The zero-order valence-electron chi connectivity index (χ0n) is 7.04. The Balaban J connectivity index is 2.11. The fourth-order valence-corrected chi connectivity index (χ4v) is 3.01. The molecular weight excluding hydrogens is 188 g/mol. The van der Waals surface area contributed by atoms with Crippen molar-refractivity contribution >= 4 is 23.1 Å². The third kappa shape index (κ3) is 1.65. The Kier molecular flexibility index (Phi) is 2.68. The number of thiazole rings is 1. The zero-order valence-corrected chi connectivity index (χ0v) is 8.67. The first-order valence-corrected chi connectivity index (χ1v) is 6.14. The maximum atomic E-state index is 4.33. The molecule has 2 nitrogen and oxygen atoms in total. The van der Waals surface area contributed by atoms with E-state index in [0.717, 1.165) is 19.0 Å². The molecule has 0 radical (unpaired) electrons. The average molecular weight is 200 g/mol. The Hall–Kier alpha value is -0.0600. The van der Waals surface area contributed by atoms with Crippen molar-refractivity contribution in [2.45, 2.75) is 16.7 Å². The van der Waals surface area contributed by atoms with Crippen LogP contribution in [-0.4, -0.2) is 24.3 Å². The summed E-state index contributed by atoms with van der Waals surface area (Å²) < 4.78 is 1.19. The van der Waals surface area contributed by atoms with Crippen molar-refractivity contribution in [2.75, 3.05) is 19.3 Å². The van der Waals surface area contributed by atoms with E-state index in [9.17, 15) is 0 Å². The molecule has 66 valence electrons. The standard InChI is InChI=1S/C8H12N2S2/c1-11-8-10-5-7(12-8)6-2-3-9-4-6/h5-6,9H,2-4H2,1H3. The van der Waals surface area contributed by atoms with Gasteiger partial charge in [-0.1, -0.05) is 11.8 Å². The second-order valence-electron chi connectivity index (χ2n) is 2.92. The van der Waals surface area contributed by atoms with Gasteiger partial charge in [-0.05, 0) is 19.2 Å². The van der Waals surface area contributed by atoms with Gasteiger partial charge in [0.05, 0.1) is 0 Å². The van der Waals surface area contributed by atoms with Crippen molar-refractivity contribution in [3.63, 3.8) is 0 Å². The average Bonchev–Trinajstić information content (AvgIpc) is 2.75. The highest BCUT2D eigenvalue weighted by Gasteiger charge is 2.18. The van der Waals surface area contributed by atoms with Gasteiger partial charge in [0.2, 0.25) is 0 Å². The van der Waals surface area contributed by atoms with E-state index >= 15 is 0 Å². The Labute approximate surface area is 80.8 Å². The van der Waals surface area contributed by atoms with Crippen molar-refractivity contribution in [3.8, 4) is 0 Å². The predicted octanol–water partition coefficient (Wildman–Crippen LogP) is 1.94. The van der Waals surface area contributed by atoms with Crippen LogP contribution in [0.15, 0.2) is 10.5 Å².